The maximum Gasteiger partial charge on any atom is 0.277 e. The van der Waals surface area contributed by atoms with E-state index < -0.39 is 0 Å². The Balaban J connectivity index is 1.67. The number of hydrazone groups is 1. The van der Waals surface area contributed by atoms with Gasteiger partial charge in [0.2, 0.25) is 0 Å². The molecule has 28 heavy (non-hydrogen) atoms. The number of hydrogen-bond acceptors (Lipinski definition) is 4. The fourth-order valence-electron chi connectivity index (χ4n) is 2.84. The van der Waals surface area contributed by atoms with E-state index in [1.165, 1.54) is 5.56 Å². The number of amides is 1. The highest BCUT2D eigenvalue weighted by molar-refractivity contribution is 6.02. The van der Waals surface area contributed by atoms with Crippen LogP contribution in [0.25, 0.3) is 10.8 Å². The van der Waals surface area contributed by atoms with Gasteiger partial charge in [-0.25, -0.2) is 5.43 Å². The molecular weight excluding hydrogens is 352 g/mol. The van der Waals surface area contributed by atoms with Crippen LogP contribution in [0.5, 0.6) is 11.5 Å². The maximum atomic E-state index is 12.1. The summed E-state index contributed by atoms with van der Waals surface area (Å²) in [6.45, 7) is 6.42. The lowest BCUT2D eigenvalue weighted by Crippen LogP contribution is -2.24. The second kappa shape index (κ2) is 9.04. The van der Waals surface area contributed by atoms with Gasteiger partial charge < -0.3 is 9.47 Å². The van der Waals surface area contributed by atoms with Gasteiger partial charge in [-0.05, 0) is 60.9 Å². The van der Waals surface area contributed by atoms with Crippen molar-refractivity contribution in [3.8, 4) is 11.5 Å². The summed E-state index contributed by atoms with van der Waals surface area (Å²) in [4.78, 5) is 12.1. The van der Waals surface area contributed by atoms with Crippen LogP contribution in [0.1, 0.15) is 23.6 Å². The molecule has 0 atom stereocenters. The van der Waals surface area contributed by atoms with Crippen molar-refractivity contribution in [2.75, 3.05) is 13.2 Å². The number of nitrogens with one attached hydrogen (secondary N) is 1. The first-order valence-corrected chi connectivity index (χ1v) is 9.25. The highest BCUT2D eigenvalue weighted by atomic mass is 16.5. The van der Waals surface area contributed by atoms with E-state index in [9.17, 15) is 4.79 Å². The molecule has 0 aliphatic rings. The fraction of sp³-hybridized carbons (Fsp3) is 0.217. The van der Waals surface area contributed by atoms with E-state index in [4.69, 9.17) is 9.47 Å². The molecule has 0 unspecified atom stereocenters. The van der Waals surface area contributed by atoms with Gasteiger partial charge in [-0.15, -0.1) is 0 Å². The van der Waals surface area contributed by atoms with Crippen molar-refractivity contribution < 1.29 is 14.3 Å². The predicted molar refractivity (Wildman–Crippen MR) is 112 cm³/mol. The van der Waals surface area contributed by atoms with Crippen molar-refractivity contribution in [2.45, 2.75) is 20.8 Å². The number of carbonyl (C=O) groups is 1. The molecular formula is C23H24N2O3. The molecule has 0 radical (unpaired) electrons. The van der Waals surface area contributed by atoms with Gasteiger partial charge in [-0.2, -0.15) is 5.10 Å². The van der Waals surface area contributed by atoms with Crippen molar-refractivity contribution in [2.24, 2.45) is 5.10 Å². The molecule has 0 saturated carbocycles. The van der Waals surface area contributed by atoms with E-state index in [2.05, 4.69) is 10.5 Å². The van der Waals surface area contributed by atoms with Crippen molar-refractivity contribution in [3.05, 3.63) is 71.3 Å². The van der Waals surface area contributed by atoms with Crippen LogP contribution in [-0.2, 0) is 4.79 Å². The maximum absolute atomic E-state index is 12.1. The van der Waals surface area contributed by atoms with Gasteiger partial charge in [-0.3, -0.25) is 4.79 Å². The molecule has 144 valence electrons. The summed E-state index contributed by atoms with van der Waals surface area (Å²) in [5.41, 5.74) is 5.64. The number of aryl methyl sites for hydroxylation is 2. The lowest BCUT2D eigenvalue weighted by Gasteiger charge is -2.10. The summed E-state index contributed by atoms with van der Waals surface area (Å²) in [7, 11) is 0. The van der Waals surface area contributed by atoms with Gasteiger partial charge in [0.1, 0.15) is 11.5 Å². The second-order valence-corrected chi connectivity index (χ2v) is 6.46. The average molecular weight is 376 g/mol. The Labute approximate surface area is 165 Å². The van der Waals surface area contributed by atoms with E-state index in [1.54, 1.807) is 6.21 Å². The monoisotopic (exact) mass is 376 g/mol. The first kappa shape index (κ1) is 19.4. The Morgan fingerprint density at radius 2 is 1.86 bits per heavy atom. The molecule has 3 aromatic carbocycles. The summed E-state index contributed by atoms with van der Waals surface area (Å²) in [5, 5.41) is 6.19. The van der Waals surface area contributed by atoms with Crippen LogP contribution in [0.2, 0.25) is 0 Å². The van der Waals surface area contributed by atoms with Gasteiger partial charge in [0.25, 0.3) is 5.91 Å². The number of nitrogens with zero attached hydrogens (tertiary/aromatic N) is 1. The molecule has 3 rings (SSSR count). The van der Waals surface area contributed by atoms with Gasteiger partial charge in [0.15, 0.2) is 6.61 Å². The fourth-order valence-corrected chi connectivity index (χ4v) is 2.84. The van der Waals surface area contributed by atoms with E-state index in [-0.39, 0.29) is 12.5 Å². The molecule has 0 aliphatic carbocycles. The molecule has 1 N–H and O–H groups in total. The minimum absolute atomic E-state index is 0.103. The van der Waals surface area contributed by atoms with Crippen LogP contribution in [0.3, 0.4) is 0 Å². The molecule has 5 heteroatoms. The van der Waals surface area contributed by atoms with E-state index in [1.807, 2.05) is 75.4 Å². The largest absolute Gasteiger partial charge is 0.493 e. The molecule has 1 amide bonds. The number of ether oxygens (including phenoxy) is 2. The van der Waals surface area contributed by atoms with Crippen molar-refractivity contribution in [1.29, 1.82) is 0 Å². The summed E-state index contributed by atoms with van der Waals surface area (Å²) < 4.78 is 11.2. The zero-order chi connectivity index (χ0) is 19.9. The predicted octanol–water partition coefficient (Wildman–Crippen LogP) is 4.38. The van der Waals surface area contributed by atoms with E-state index in [0.717, 1.165) is 27.6 Å². The minimum Gasteiger partial charge on any atom is -0.493 e. The standard InChI is InChI=1S/C23H24N2O3/c1-4-27-22-12-10-18-7-5-6-8-20(18)21(22)14-24-25-23(26)15-28-19-11-9-16(2)17(3)13-19/h5-14H,4,15H2,1-3H3,(H,25,26). The SMILES string of the molecule is CCOc1ccc2ccccc2c1C=NNC(=O)COc1ccc(C)c(C)c1. The van der Waals surface area contributed by atoms with Crippen LogP contribution in [0, 0.1) is 13.8 Å². The number of carbonyl (C=O) groups excluding carboxylic acids is 1. The number of benzene rings is 3. The normalized spacial score (nSPS) is 11.0. The Morgan fingerprint density at radius 3 is 2.64 bits per heavy atom. The van der Waals surface area contributed by atoms with Crippen molar-refractivity contribution in [1.82, 2.24) is 5.43 Å². The summed E-state index contributed by atoms with van der Waals surface area (Å²) >= 11 is 0. The Hall–Kier alpha value is -3.34. The molecule has 0 spiro atoms. The second-order valence-electron chi connectivity index (χ2n) is 6.46. The molecule has 0 saturated heterocycles. The Morgan fingerprint density at radius 1 is 1.04 bits per heavy atom. The van der Waals surface area contributed by atoms with Crippen LogP contribution in [-0.4, -0.2) is 25.3 Å². The molecule has 0 heterocycles. The number of hydrogen-bond donors (Lipinski definition) is 1. The van der Waals surface area contributed by atoms with E-state index >= 15 is 0 Å². The first-order chi connectivity index (χ1) is 13.6. The quantitative estimate of drug-likeness (QED) is 0.492. The Bertz CT molecular complexity index is 1010. The third-order valence-electron chi connectivity index (χ3n) is 4.46. The zero-order valence-corrected chi connectivity index (χ0v) is 16.4. The first-order valence-electron chi connectivity index (χ1n) is 9.25. The highest BCUT2D eigenvalue weighted by Crippen LogP contribution is 2.26. The van der Waals surface area contributed by atoms with Gasteiger partial charge >= 0.3 is 0 Å². The number of fused-ring (bicyclic) bond motifs is 1. The third-order valence-corrected chi connectivity index (χ3v) is 4.46. The summed E-state index contributed by atoms with van der Waals surface area (Å²) in [5.74, 6) is 1.06. The van der Waals surface area contributed by atoms with Crippen LogP contribution >= 0.6 is 0 Å². The van der Waals surface area contributed by atoms with Gasteiger partial charge in [0.05, 0.1) is 12.8 Å². The minimum atomic E-state index is -0.326. The average Bonchev–Trinajstić information content (AvgIpc) is 2.70. The molecule has 3 aromatic rings. The van der Waals surface area contributed by atoms with Gasteiger partial charge in [0, 0.05) is 5.56 Å². The van der Waals surface area contributed by atoms with Crippen molar-refractivity contribution >= 4 is 22.9 Å². The summed E-state index contributed by atoms with van der Waals surface area (Å²) in [6.07, 6.45) is 1.61. The zero-order valence-electron chi connectivity index (χ0n) is 16.4. The molecule has 0 aliphatic heterocycles. The highest BCUT2D eigenvalue weighted by Gasteiger charge is 2.07. The smallest absolute Gasteiger partial charge is 0.277 e. The van der Waals surface area contributed by atoms with Crippen LogP contribution < -0.4 is 14.9 Å². The van der Waals surface area contributed by atoms with Crippen molar-refractivity contribution in [3.63, 3.8) is 0 Å². The molecule has 0 bridgehead atoms. The van der Waals surface area contributed by atoms with Crippen LogP contribution in [0.15, 0.2) is 59.7 Å². The third kappa shape index (κ3) is 4.68. The summed E-state index contributed by atoms with van der Waals surface area (Å²) in [6, 6.07) is 17.6. The van der Waals surface area contributed by atoms with Gasteiger partial charge in [-0.1, -0.05) is 36.4 Å². The topological polar surface area (TPSA) is 59.9 Å². The lowest BCUT2D eigenvalue weighted by atomic mass is 10.0. The molecule has 0 fully saturated rings. The van der Waals surface area contributed by atoms with E-state index in [0.29, 0.717) is 12.4 Å². The number of rotatable bonds is 7. The van der Waals surface area contributed by atoms with Crippen LogP contribution in [0.4, 0.5) is 0 Å². The molecule has 5 nitrogen and oxygen atoms in total. The lowest BCUT2D eigenvalue weighted by molar-refractivity contribution is -0.123. The Kier molecular flexibility index (Phi) is 6.27. The molecule has 0 aromatic heterocycles.